The smallest absolute Gasteiger partial charge is 0.317 e. The lowest BCUT2D eigenvalue weighted by Gasteiger charge is -2.31. The van der Waals surface area contributed by atoms with Crippen LogP contribution in [-0.2, 0) is 6.42 Å². The summed E-state index contributed by atoms with van der Waals surface area (Å²) in [4.78, 5) is 18.7. The Labute approximate surface area is 156 Å². The van der Waals surface area contributed by atoms with Crippen LogP contribution in [-0.4, -0.2) is 40.7 Å². The van der Waals surface area contributed by atoms with Gasteiger partial charge in [-0.05, 0) is 48.6 Å². The number of thiophene rings is 1. The maximum Gasteiger partial charge on any atom is 0.317 e. The topological polar surface area (TPSA) is 71.3 Å². The highest BCUT2D eigenvalue weighted by molar-refractivity contribution is 7.17. The molecule has 0 bridgehead atoms. The lowest BCUT2D eigenvalue weighted by molar-refractivity contribution is 0.172. The molecule has 1 aliphatic heterocycles. The third-order valence-electron chi connectivity index (χ3n) is 4.83. The van der Waals surface area contributed by atoms with Crippen LogP contribution in [0.25, 0.3) is 10.1 Å². The minimum absolute atomic E-state index is 0.00882. The monoisotopic (exact) mass is 370 g/mol. The van der Waals surface area contributed by atoms with Crippen LogP contribution in [0.15, 0.2) is 34.2 Å². The second-order valence-corrected chi connectivity index (χ2v) is 7.62. The summed E-state index contributed by atoms with van der Waals surface area (Å²) < 4.78 is 6.58. The van der Waals surface area contributed by atoms with Crippen molar-refractivity contribution in [3.8, 4) is 0 Å². The van der Waals surface area contributed by atoms with Gasteiger partial charge in [0.05, 0.1) is 5.92 Å². The summed E-state index contributed by atoms with van der Waals surface area (Å²) in [5.74, 6) is 1.42. The Bertz CT molecular complexity index is 904. The molecule has 0 aliphatic carbocycles. The number of hydrogen-bond donors (Lipinski definition) is 1. The maximum atomic E-state index is 12.5. The quantitative estimate of drug-likeness (QED) is 0.760. The average molecular weight is 370 g/mol. The molecule has 0 saturated carbocycles. The van der Waals surface area contributed by atoms with E-state index in [4.69, 9.17) is 4.52 Å². The van der Waals surface area contributed by atoms with Crippen molar-refractivity contribution in [1.82, 2.24) is 20.4 Å². The van der Waals surface area contributed by atoms with E-state index in [0.29, 0.717) is 24.8 Å². The third kappa shape index (κ3) is 3.58. The van der Waals surface area contributed by atoms with Gasteiger partial charge in [0.25, 0.3) is 0 Å². The molecule has 1 atom stereocenters. The van der Waals surface area contributed by atoms with Crippen LogP contribution in [0.3, 0.4) is 0 Å². The molecule has 1 N–H and O–H groups in total. The summed E-state index contributed by atoms with van der Waals surface area (Å²) in [6.45, 7) is 3.86. The van der Waals surface area contributed by atoms with Crippen LogP contribution < -0.4 is 5.32 Å². The maximum absolute atomic E-state index is 12.5. The molecule has 3 aromatic rings. The standard InChI is InChI=1S/C19H22N4O2S/c1-13-21-18(25-22-13)14-5-4-10-23(11-14)19(24)20-9-8-15-12-26-17-7-3-2-6-16(15)17/h2-3,6-7,12,14H,4-5,8-11H2,1H3,(H,20,24). The number of amides is 2. The summed E-state index contributed by atoms with van der Waals surface area (Å²) in [6.07, 6.45) is 2.77. The molecule has 4 rings (SSSR count). The van der Waals surface area contributed by atoms with E-state index in [9.17, 15) is 4.79 Å². The molecule has 1 aliphatic rings. The van der Waals surface area contributed by atoms with Crippen LogP contribution in [0.4, 0.5) is 4.79 Å². The van der Waals surface area contributed by atoms with Crippen LogP contribution >= 0.6 is 11.3 Å². The van der Waals surface area contributed by atoms with Crippen LogP contribution in [0.5, 0.6) is 0 Å². The molecule has 1 aromatic carbocycles. The van der Waals surface area contributed by atoms with Gasteiger partial charge in [-0.15, -0.1) is 11.3 Å². The summed E-state index contributed by atoms with van der Waals surface area (Å²) in [5, 5.41) is 10.4. The number of aryl methyl sites for hydroxylation is 1. The van der Waals surface area contributed by atoms with Gasteiger partial charge in [0, 0.05) is 24.3 Å². The van der Waals surface area contributed by atoms with Crippen molar-refractivity contribution < 1.29 is 9.32 Å². The van der Waals surface area contributed by atoms with E-state index in [0.717, 1.165) is 25.8 Å². The number of nitrogens with zero attached hydrogens (tertiary/aromatic N) is 3. The number of piperidine rings is 1. The van der Waals surface area contributed by atoms with Gasteiger partial charge in [0.2, 0.25) is 5.89 Å². The first-order valence-corrected chi connectivity index (χ1v) is 9.87. The lowest BCUT2D eigenvalue weighted by Crippen LogP contribution is -2.45. The van der Waals surface area contributed by atoms with Crippen LogP contribution in [0.2, 0.25) is 0 Å². The fourth-order valence-corrected chi connectivity index (χ4v) is 4.48. The molecule has 1 saturated heterocycles. The van der Waals surface area contributed by atoms with E-state index in [2.05, 4.69) is 45.1 Å². The fraction of sp³-hybridized carbons (Fsp3) is 0.421. The molecular weight excluding hydrogens is 348 g/mol. The van der Waals surface area contributed by atoms with Crippen molar-refractivity contribution >= 4 is 27.5 Å². The van der Waals surface area contributed by atoms with E-state index >= 15 is 0 Å². The normalized spacial score (nSPS) is 17.6. The molecule has 136 valence electrons. The number of carbonyl (C=O) groups is 1. The summed E-state index contributed by atoms with van der Waals surface area (Å²) in [5.41, 5.74) is 1.30. The van der Waals surface area contributed by atoms with Crippen molar-refractivity contribution in [3.63, 3.8) is 0 Å². The number of likely N-dealkylation sites (tertiary alicyclic amines) is 1. The first-order valence-electron chi connectivity index (χ1n) is 8.99. The van der Waals surface area contributed by atoms with E-state index in [1.54, 1.807) is 11.3 Å². The minimum Gasteiger partial charge on any atom is -0.339 e. The first kappa shape index (κ1) is 17.0. The van der Waals surface area contributed by atoms with Crippen LogP contribution in [0, 0.1) is 6.92 Å². The Kier molecular flexibility index (Phi) is 4.88. The molecule has 26 heavy (non-hydrogen) atoms. The van der Waals surface area contributed by atoms with Crippen molar-refractivity contribution in [2.24, 2.45) is 0 Å². The number of carbonyl (C=O) groups excluding carboxylic acids is 1. The molecule has 2 aromatic heterocycles. The first-order chi connectivity index (χ1) is 12.7. The number of fused-ring (bicyclic) bond motifs is 1. The molecule has 6 nitrogen and oxygen atoms in total. The average Bonchev–Trinajstić information content (AvgIpc) is 3.28. The molecular formula is C19H22N4O2S. The molecule has 3 heterocycles. The number of urea groups is 1. The molecule has 0 radical (unpaired) electrons. The molecule has 1 unspecified atom stereocenters. The van der Waals surface area contributed by atoms with Gasteiger partial charge >= 0.3 is 6.03 Å². The Morgan fingerprint density at radius 3 is 3.15 bits per heavy atom. The number of nitrogens with one attached hydrogen (secondary N) is 1. The van der Waals surface area contributed by atoms with E-state index in [1.807, 2.05) is 11.8 Å². The van der Waals surface area contributed by atoms with Gasteiger partial charge < -0.3 is 14.7 Å². The van der Waals surface area contributed by atoms with Gasteiger partial charge in [-0.2, -0.15) is 4.98 Å². The molecule has 7 heteroatoms. The lowest BCUT2D eigenvalue weighted by atomic mass is 9.98. The number of benzene rings is 1. The van der Waals surface area contributed by atoms with E-state index < -0.39 is 0 Å². The van der Waals surface area contributed by atoms with Gasteiger partial charge in [0.1, 0.15) is 0 Å². The van der Waals surface area contributed by atoms with E-state index in [1.165, 1.54) is 15.6 Å². The van der Waals surface area contributed by atoms with Crippen molar-refractivity contribution in [2.45, 2.75) is 32.1 Å². The Morgan fingerprint density at radius 2 is 2.31 bits per heavy atom. The number of hydrogen-bond acceptors (Lipinski definition) is 5. The van der Waals surface area contributed by atoms with Crippen molar-refractivity contribution in [1.29, 1.82) is 0 Å². The van der Waals surface area contributed by atoms with Crippen molar-refractivity contribution in [3.05, 3.63) is 46.9 Å². The van der Waals surface area contributed by atoms with Gasteiger partial charge in [-0.1, -0.05) is 23.4 Å². The SMILES string of the molecule is Cc1noc(C2CCCN(C(=O)NCCc3csc4ccccc34)C2)n1. The fourth-order valence-electron chi connectivity index (χ4n) is 3.48. The number of aromatic nitrogens is 2. The van der Waals surface area contributed by atoms with E-state index in [-0.39, 0.29) is 11.9 Å². The van der Waals surface area contributed by atoms with Gasteiger partial charge in [-0.25, -0.2) is 4.79 Å². The zero-order chi connectivity index (χ0) is 17.9. The van der Waals surface area contributed by atoms with Crippen molar-refractivity contribution in [2.75, 3.05) is 19.6 Å². The zero-order valence-corrected chi connectivity index (χ0v) is 15.6. The predicted octanol–water partition coefficient (Wildman–Crippen LogP) is 3.72. The summed E-state index contributed by atoms with van der Waals surface area (Å²) in [7, 11) is 0. The van der Waals surface area contributed by atoms with Crippen LogP contribution in [0.1, 0.15) is 36.0 Å². The molecule has 2 amide bonds. The second kappa shape index (κ2) is 7.45. The van der Waals surface area contributed by atoms with Gasteiger partial charge in [-0.3, -0.25) is 0 Å². The Balaban J connectivity index is 1.31. The summed E-state index contributed by atoms with van der Waals surface area (Å²) >= 11 is 1.75. The minimum atomic E-state index is -0.00882. The largest absolute Gasteiger partial charge is 0.339 e. The highest BCUT2D eigenvalue weighted by atomic mass is 32.1. The van der Waals surface area contributed by atoms with Gasteiger partial charge in [0.15, 0.2) is 5.82 Å². The number of rotatable bonds is 4. The predicted molar refractivity (Wildman–Crippen MR) is 102 cm³/mol. The highest BCUT2D eigenvalue weighted by Gasteiger charge is 2.28. The summed E-state index contributed by atoms with van der Waals surface area (Å²) in [6, 6.07) is 8.39. The molecule has 1 fully saturated rings. The highest BCUT2D eigenvalue weighted by Crippen LogP contribution is 2.27. The second-order valence-electron chi connectivity index (χ2n) is 6.70. The Hall–Kier alpha value is -2.41. The zero-order valence-electron chi connectivity index (χ0n) is 14.8. The Morgan fingerprint density at radius 1 is 1.42 bits per heavy atom. The molecule has 0 spiro atoms. The third-order valence-corrected chi connectivity index (χ3v) is 5.85.